The van der Waals surface area contributed by atoms with Gasteiger partial charge in [-0.2, -0.15) is 0 Å². The number of nitrogens with two attached hydrogens (primary N) is 1. The first kappa shape index (κ1) is 19.9. The molecule has 0 aliphatic carbocycles. The van der Waals surface area contributed by atoms with E-state index in [0.717, 1.165) is 11.3 Å². The Labute approximate surface area is 168 Å². The zero-order chi connectivity index (χ0) is 20.4. The third-order valence-corrected chi connectivity index (χ3v) is 5.96. The molecule has 4 N–H and O–H groups in total. The average molecular weight is 422 g/mol. The number of hydrogen-bond donors (Lipinski definition) is 3. The summed E-state index contributed by atoms with van der Waals surface area (Å²) in [5.74, 6) is -1.95. The number of hydrogen-bond acceptors (Lipinski definition) is 9. The lowest BCUT2D eigenvalue weighted by molar-refractivity contribution is -0.153. The molecule has 2 atom stereocenters. The van der Waals surface area contributed by atoms with Crippen LogP contribution < -0.4 is 11.1 Å². The molecule has 147 valence electrons. The second kappa shape index (κ2) is 8.02. The molecule has 2 aliphatic heterocycles. The number of fused-ring (bicyclic) bond motifs is 1. The molecule has 2 aliphatic rings. The lowest BCUT2D eigenvalue weighted by Gasteiger charge is -2.49. The maximum Gasteiger partial charge on any atom is 0.353 e. The number of carboxylic acid groups (broad SMARTS) is 1. The molecule has 3 heterocycles. The summed E-state index contributed by atoms with van der Waals surface area (Å²) in [4.78, 5) is 47.2. The minimum atomic E-state index is -1.21. The number of anilines is 1. The van der Waals surface area contributed by atoms with Gasteiger partial charge in [0.05, 0.1) is 6.04 Å². The van der Waals surface area contributed by atoms with E-state index in [1.807, 2.05) is 0 Å². The van der Waals surface area contributed by atoms with Gasteiger partial charge in [0, 0.05) is 22.5 Å². The van der Waals surface area contributed by atoms with Crippen LogP contribution in [0, 0.1) is 6.08 Å². The van der Waals surface area contributed by atoms with E-state index in [-0.39, 0.29) is 28.7 Å². The summed E-state index contributed by atoms with van der Waals surface area (Å²) in [6.07, 6.45) is 2.88. The van der Waals surface area contributed by atoms with Gasteiger partial charge in [0.1, 0.15) is 24.5 Å². The van der Waals surface area contributed by atoms with E-state index < -0.39 is 29.9 Å². The third-order valence-electron chi connectivity index (χ3n) is 4.09. The lowest BCUT2D eigenvalue weighted by Crippen LogP contribution is -2.73. The van der Waals surface area contributed by atoms with Gasteiger partial charge in [-0.1, -0.05) is 11.7 Å². The minimum absolute atomic E-state index is 0.0917. The molecule has 1 fully saturated rings. The number of β-lactam (4-membered cyclic amide) rings is 1. The van der Waals surface area contributed by atoms with E-state index in [2.05, 4.69) is 28.1 Å². The van der Waals surface area contributed by atoms with E-state index in [9.17, 15) is 19.5 Å². The number of thioether (sulfide) groups is 1. The van der Waals surface area contributed by atoms with Gasteiger partial charge in [-0.25, -0.2) is 9.78 Å². The number of aromatic nitrogens is 1. The van der Waals surface area contributed by atoms with Gasteiger partial charge in [-0.15, -0.1) is 23.1 Å². The highest BCUT2D eigenvalue weighted by Crippen LogP contribution is 2.40. The lowest BCUT2D eigenvalue weighted by atomic mass is 9.94. The molecule has 1 saturated heterocycles. The molecule has 1 radical (unpaired) electrons. The molecule has 2 amide bonds. The van der Waals surface area contributed by atoms with Gasteiger partial charge in [0.25, 0.3) is 11.8 Å². The number of aliphatic carboxylic acids is 1. The molecular formula is C16H16N5O5S2. The van der Waals surface area contributed by atoms with Crippen LogP contribution in [0.15, 0.2) is 27.7 Å². The second-order valence-corrected chi connectivity index (χ2v) is 7.74. The van der Waals surface area contributed by atoms with Crippen molar-refractivity contribution in [3.8, 4) is 0 Å². The summed E-state index contributed by atoms with van der Waals surface area (Å²) in [7, 11) is 1.28. The summed E-state index contributed by atoms with van der Waals surface area (Å²) >= 11 is 2.44. The van der Waals surface area contributed by atoms with E-state index in [0.29, 0.717) is 10.7 Å². The van der Waals surface area contributed by atoms with E-state index >= 15 is 0 Å². The van der Waals surface area contributed by atoms with E-state index in [1.54, 1.807) is 5.38 Å². The average Bonchev–Trinajstić information content (AvgIpc) is 3.09. The smallest absolute Gasteiger partial charge is 0.353 e. The van der Waals surface area contributed by atoms with E-state index in [1.165, 1.54) is 23.8 Å². The Hall–Kier alpha value is -2.86. The Balaban J connectivity index is 1.79. The highest BCUT2D eigenvalue weighted by molar-refractivity contribution is 8.03. The second-order valence-electron chi connectivity index (χ2n) is 5.73. The molecule has 0 saturated carbocycles. The first-order valence-electron chi connectivity index (χ1n) is 7.94. The summed E-state index contributed by atoms with van der Waals surface area (Å²) in [6.45, 7) is 3.49. The van der Waals surface area contributed by atoms with Crippen LogP contribution in [0.4, 0.5) is 5.13 Å². The van der Waals surface area contributed by atoms with Gasteiger partial charge in [-0.05, 0) is 6.08 Å². The predicted molar refractivity (Wildman–Crippen MR) is 103 cm³/mol. The highest BCUT2D eigenvalue weighted by Gasteiger charge is 2.54. The van der Waals surface area contributed by atoms with Crippen molar-refractivity contribution in [1.29, 1.82) is 0 Å². The predicted octanol–water partition coefficient (Wildman–Crippen LogP) is 0.194. The van der Waals surface area contributed by atoms with Crippen molar-refractivity contribution in [3.63, 3.8) is 0 Å². The number of allylic oxidation sites excluding steroid dienone is 2. The number of rotatable bonds is 7. The first-order chi connectivity index (χ1) is 13.4. The fourth-order valence-corrected chi connectivity index (χ4v) is 4.70. The Kier molecular flexibility index (Phi) is 5.70. The Morgan fingerprint density at radius 1 is 1.61 bits per heavy atom. The third kappa shape index (κ3) is 3.47. The van der Waals surface area contributed by atoms with Crippen LogP contribution in [0.5, 0.6) is 0 Å². The van der Waals surface area contributed by atoms with Gasteiger partial charge in [-0.3, -0.25) is 14.5 Å². The zero-order valence-electron chi connectivity index (χ0n) is 14.7. The number of carbonyl (C=O) groups is 3. The van der Waals surface area contributed by atoms with Gasteiger partial charge in [0.2, 0.25) is 0 Å². The molecule has 1 aromatic rings. The number of amides is 2. The summed E-state index contributed by atoms with van der Waals surface area (Å²) in [5, 5.41) is 17.6. The van der Waals surface area contributed by atoms with Crippen molar-refractivity contribution >= 4 is 51.7 Å². The molecule has 28 heavy (non-hydrogen) atoms. The van der Waals surface area contributed by atoms with Crippen LogP contribution in [0.1, 0.15) is 12.1 Å². The number of nitrogens with zero attached hydrogens (tertiary/aromatic N) is 3. The maximum atomic E-state index is 12.6. The number of carboxylic acids is 1. The number of carbonyl (C=O) groups excluding carboxylic acids is 2. The molecule has 0 spiro atoms. The Morgan fingerprint density at radius 2 is 2.36 bits per heavy atom. The highest BCUT2D eigenvalue weighted by atomic mass is 32.2. The standard InChI is InChI=1S/C16H16N5O5S2/c1-3-4-9-12(15(24)25)21-8(6-27-9)11(14(21)23)19-13(22)10(20-26-2)7-5-28-16(17)18-7/h5,8,11H,1,4,6H2,2H3,(H2,17,18)(H,19,22)(H,24,25). The fourth-order valence-electron chi connectivity index (χ4n) is 2.91. The van der Waals surface area contributed by atoms with Crippen molar-refractivity contribution in [2.24, 2.45) is 5.16 Å². The fraction of sp³-hybridized carbons (Fsp3) is 0.312. The molecule has 10 nitrogen and oxygen atoms in total. The van der Waals surface area contributed by atoms with Crippen LogP contribution in [-0.2, 0) is 19.2 Å². The van der Waals surface area contributed by atoms with Crippen molar-refractivity contribution < 1.29 is 24.3 Å². The molecule has 1 aromatic heterocycles. The number of nitrogen functional groups attached to an aromatic ring is 1. The Morgan fingerprint density at radius 3 is 2.93 bits per heavy atom. The minimum Gasteiger partial charge on any atom is -0.477 e. The number of nitrogens with one attached hydrogen (secondary N) is 1. The first-order valence-corrected chi connectivity index (χ1v) is 9.81. The number of thiazole rings is 1. The van der Waals surface area contributed by atoms with E-state index in [4.69, 9.17) is 10.6 Å². The summed E-state index contributed by atoms with van der Waals surface area (Å²) in [6, 6.07) is -1.35. The Bertz CT molecular complexity index is 909. The summed E-state index contributed by atoms with van der Waals surface area (Å²) < 4.78 is 0. The van der Waals surface area contributed by atoms with Gasteiger partial charge < -0.3 is 21.0 Å². The normalized spacial score (nSPS) is 21.7. The zero-order valence-corrected chi connectivity index (χ0v) is 16.3. The molecular weight excluding hydrogens is 406 g/mol. The molecule has 2 unspecified atom stereocenters. The molecule has 3 rings (SSSR count). The quantitative estimate of drug-likeness (QED) is 0.321. The molecule has 0 aromatic carbocycles. The van der Waals surface area contributed by atoms with Gasteiger partial charge >= 0.3 is 5.97 Å². The van der Waals surface area contributed by atoms with Crippen LogP contribution in [0.3, 0.4) is 0 Å². The molecule has 0 bridgehead atoms. The van der Waals surface area contributed by atoms with Crippen molar-refractivity contribution in [1.82, 2.24) is 15.2 Å². The maximum absolute atomic E-state index is 12.6. The van der Waals surface area contributed by atoms with Crippen molar-refractivity contribution in [3.05, 3.63) is 34.3 Å². The van der Waals surface area contributed by atoms with Crippen LogP contribution in [0.25, 0.3) is 0 Å². The van der Waals surface area contributed by atoms with Crippen molar-refractivity contribution in [2.75, 3.05) is 18.6 Å². The summed E-state index contributed by atoms with van der Waals surface area (Å²) in [5.41, 5.74) is 5.59. The van der Waals surface area contributed by atoms with Gasteiger partial charge in [0.15, 0.2) is 10.8 Å². The topological polar surface area (TPSA) is 147 Å². The van der Waals surface area contributed by atoms with Crippen LogP contribution >= 0.6 is 23.1 Å². The SMILES string of the molecule is C=[C]CC1=C(C(=O)O)N2C(=O)C(NC(=O)C(=NOC)c3csc(N)n3)C2CS1. The molecule has 12 heteroatoms. The largest absolute Gasteiger partial charge is 0.477 e. The van der Waals surface area contributed by atoms with Crippen LogP contribution in [0.2, 0.25) is 0 Å². The van der Waals surface area contributed by atoms with Crippen molar-refractivity contribution in [2.45, 2.75) is 18.5 Å². The number of oxime groups is 1. The van der Waals surface area contributed by atoms with Crippen LogP contribution in [-0.4, -0.2) is 63.4 Å². The monoisotopic (exact) mass is 422 g/mol.